The zero-order valence-electron chi connectivity index (χ0n) is 11.8. The predicted octanol–water partition coefficient (Wildman–Crippen LogP) is 2.52. The molecule has 0 heterocycles. The number of hydrogen-bond acceptors (Lipinski definition) is 4. The number of para-hydroxylation sites is 1. The quantitative estimate of drug-likeness (QED) is 0.550. The lowest BCUT2D eigenvalue weighted by molar-refractivity contribution is -0.140. The third kappa shape index (κ3) is 6.25. The highest BCUT2D eigenvalue weighted by molar-refractivity contribution is 5.69. The summed E-state index contributed by atoms with van der Waals surface area (Å²) in [5, 5.41) is 3.36. The molecule has 4 nitrogen and oxygen atoms in total. The van der Waals surface area contributed by atoms with E-state index in [1.807, 2.05) is 18.2 Å². The molecule has 0 bridgehead atoms. The summed E-state index contributed by atoms with van der Waals surface area (Å²) in [5.41, 5.74) is 1.15. The van der Waals surface area contributed by atoms with Crippen molar-refractivity contribution >= 4 is 5.97 Å². The van der Waals surface area contributed by atoms with Gasteiger partial charge in [0.15, 0.2) is 0 Å². The first kappa shape index (κ1) is 15.5. The summed E-state index contributed by atoms with van der Waals surface area (Å²) in [6.45, 7) is 4.47. The van der Waals surface area contributed by atoms with Crippen molar-refractivity contribution < 1.29 is 14.3 Å². The predicted molar refractivity (Wildman–Crippen MR) is 75.2 cm³/mol. The average Bonchev–Trinajstić information content (AvgIpc) is 2.45. The van der Waals surface area contributed by atoms with E-state index in [-0.39, 0.29) is 5.97 Å². The second-order valence-electron chi connectivity index (χ2n) is 4.31. The van der Waals surface area contributed by atoms with E-state index in [4.69, 9.17) is 4.74 Å². The topological polar surface area (TPSA) is 47.6 Å². The van der Waals surface area contributed by atoms with Crippen molar-refractivity contribution in [1.82, 2.24) is 5.32 Å². The Morgan fingerprint density at radius 3 is 2.84 bits per heavy atom. The Morgan fingerprint density at radius 1 is 1.32 bits per heavy atom. The SMILES string of the molecule is CCCNCc1ccccc1OCCCC(=O)OC. The molecule has 0 saturated heterocycles. The number of esters is 1. The highest BCUT2D eigenvalue weighted by Crippen LogP contribution is 2.18. The maximum absolute atomic E-state index is 11.0. The molecule has 0 radical (unpaired) electrons. The fourth-order valence-corrected chi connectivity index (χ4v) is 1.69. The molecule has 19 heavy (non-hydrogen) atoms. The number of hydrogen-bond donors (Lipinski definition) is 1. The molecule has 0 aliphatic carbocycles. The van der Waals surface area contributed by atoms with Gasteiger partial charge in [0.1, 0.15) is 5.75 Å². The summed E-state index contributed by atoms with van der Waals surface area (Å²) >= 11 is 0. The first-order valence-electron chi connectivity index (χ1n) is 6.76. The Morgan fingerprint density at radius 2 is 2.11 bits per heavy atom. The minimum absolute atomic E-state index is 0.193. The summed E-state index contributed by atoms with van der Waals surface area (Å²) in [7, 11) is 1.40. The highest BCUT2D eigenvalue weighted by Gasteiger charge is 2.04. The molecule has 0 aromatic heterocycles. The van der Waals surface area contributed by atoms with Crippen LogP contribution in [0.5, 0.6) is 5.75 Å². The second-order valence-corrected chi connectivity index (χ2v) is 4.31. The molecule has 0 saturated carbocycles. The monoisotopic (exact) mass is 265 g/mol. The molecule has 0 aliphatic rings. The van der Waals surface area contributed by atoms with Crippen molar-refractivity contribution in [3.05, 3.63) is 29.8 Å². The first-order valence-corrected chi connectivity index (χ1v) is 6.76. The lowest BCUT2D eigenvalue weighted by atomic mass is 10.2. The van der Waals surface area contributed by atoms with Crippen LogP contribution in [0.4, 0.5) is 0 Å². The zero-order chi connectivity index (χ0) is 13.9. The van der Waals surface area contributed by atoms with Crippen LogP contribution in [-0.4, -0.2) is 26.2 Å². The number of nitrogens with one attached hydrogen (secondary N) is 1. The fourth-order valence-electron chi connectivity index (χ4n) is 1.69. The van der Waals surface area contributed by atoms with Gasteiger partial charge in [0.25, 0.3) is 0 Å². The van der Waals surface area contributed by atoms with E-state index >= 15 is 0 Å². The zero-order valence-corrected chi connectivity index (χ0v) is 11.8. The molecule has 0 aliphatic heterocycles. The van der Waals surface area contributed by atoms with Gasteiger partial charge < -0.3 is 14.8 Å². The van der Waals surface area contributed by atoms with Gasteiger partial charge in [0.2, 0.25) is 0 Å². The van der Waals surface area contributed by atoms with Gasteiger partial charge in [-0.1, -0.05) is 25.1 Å². The summed E-state index contributed by atoms with van der Waals surface area (Å²) in [6.07, 6.45) is 2.18. The van der Waals surface area contributed by atoms with Crippen molar-refractivity contribution in [2.45, 2.75) is 32.7 Å². The Balaban J connectivity index is 2.37. The van der Waals surface area contributed by atoms with E-state index < -0.39 is 0 Å². The molecule has 0 atom stereocenters. The molecule has 4 heteroatoms. The van der Waals surface area contributed by atoms with Gasteiger partial charge in [-0.25, -0.2) is 0 Å². The normalized spacial score (nSPS) is 10.2. The van der Waals surface area contributed by atoms with Crippen LogP contribution in [-0.2, 0) is 16.1 Å². The number of ether oxygens (including phenoxy) is 2. The standard InChI is InChI=1S/C15H23NO3/c1-3-10-16-12-13-7-4-5-8-14(13)19-11-6-9-15(17)18-2/h4-5,7-8,16H,3,6,9-12H2,1-2H3. The largest absolute Gasteiger partial charge is 0.493 e. The van der Waals surface area contributed by atoms with Gasteiger partial charge in [0.05, 0.1) is 13.7 Å². The number of rotatable bonds is 9. The smallest absolute Gasteiger partial charge is 0.305 e. The van der Waals surface area contributed by atoms with E-state index in [2.05, 4.69) is 23.0 Å². The molecule has 106 valence electrons. The number of carbonyl (C=O) groups is 1. The molecule has 0 unspecified atom stereocenters. The Kier molecular flexibility index (Phi) is 7.66. The molecule has 1 aromatic carbocycles. The summed E-state index contributed by atoms with van der Waals surface area (Å²) in [5.74, 6) is 0.692. The summed E-state index contributed by atoms with van der Waals surface area (Å²) < 4.78 is 10.3. The van der Waals surface area contributed by atoms with E-state index in [1.165, 1.54) is 7.11 Å². The van der Waals surface area contributed by atoms with Gasteiger partial charge in [0, 0.05) is 18.5 Å². The van der Waals surface area contributed by atoms with E-state index in [0.29, 0.717) is 19.4 Å². The van der Waals surface area contributed by atoms with Crippen molar-refractivity contribution in [3.8, 4) is 5.75 Å². The van der Waals surface area contributed by atoms with Crippen molar-refractivity contribution in [3.63, 3.8) is 0 Å². The molecule has 0 fully saturated rings. The van der Waals surface area contributed by atoms with E-state index in [9.17, 15) is 4.79 Å². The Labute approximate surface area is 115 Å². The van der Waals surface area contributed by atoms with Gasteiger partial charge in [-0.15, -0.1) is 0 Å². The van der Waals surface area contributed by atoms with Crippen LogP contribution in [0.15, 0.2) is 24.3 Å². The minimum Gasteiger partial charge on any atom is -0.493 e. The summed E-state index contributed by atoms with van der Waals surface area (Å²) in [4.78, 5) is 11.0. The van der Waals surface area contributed by atoms with E-state index in [1.54, 1.807) is 0 Å². The molecule has 1 rings (SSSR count). The average molecular weight is 265 g/mol. The van der Waals surface area contributed by atoms with Crippen molar-refractivity contribution in [2.24, 2.45) is 0 Å². The van der Waals surface area contributed by atoms with Gasteiger partial charge in [-0.2, -0.15) is 0 Å². The van der Waals surface area contributed by atoms with Crippen LogP contribution in [0.1, 0.15) is 31.7 Å². The van der Waals surface area contributed by atoms with Crippen molar-refractivity contribution in [2.75, 3.05) is 20.3 Å². The Bertz CT molecular complexity index is 379. The van der Waals surface area contributed by atoms with Gasteiger partial charge in [-0.05, 0) is 25.5 Å². The third-order valence-electron chi connectivity index (χ3n) is 2.73. The molecular formula is C15H23NO3. The maximum Gasteiger partial charge on any atom is 0.305 e. The fraction of sp³-hybridized carbons (Fsp3) is 0.533. The molecule has 1 aromatic rings. The first-order chi connectivity index (χ1) is 9.27. The minimum atomic E-state index is -0.193. The van der Waals surface area contributed by atoms with Gasteiger partial charge >= 0.3 is 5.97 Å². The van der Waals surface area contributed by atoms with Crippen molar-refractivity contribution in [1.29, 1.82) is 0 Å². The highest BCUT2D eigenvalue weighted by atomic mass is 16.5. The van der Waals surface area contributed by atoms with Crippen LogP contribution >= 0.6 is 0 Å². The molecular weight excluding hydrogens is 242 g/mol. The molecule has 0 spiro atoms. The lowest BCUT2D eigenvalue weighted by Crippen LogP contribution is -2.15. The van der Waals surface area contributed by atoms with Crippen LogP contribution < -0.4 is 10.1 Å². The number of benzene rings is 1. The molecule has 1 N–H and O–H groups in total. The van der Waals surface area contributed by atoms with E-state index in [0.717, 1.165) is 30.8 Å². The third-order valence-corrected chi connectivity index (χ3v) is 2.73. The molecule has 0 amide bonds. The van der Waals surface area contributed by atoms with Crippen LogP contribution in [0.2, 0.25) is 0 Å². The lowest BCUT2D eigenvalue weighted by Gasteiger charge is -2.11. The maximum atomic E-state index is 11.0. The van der Waals surface area contributed by atoms with Crippen LogP contribution in [0, 0.1) is 0 Å². The number of methoxy groups -OCH3 is 1. The van der Waals surface area contributed by atoms with Crippen LogP contribution in [0.3, 0.4) is 0 Å². The number of carbonyl (C=O) groups excluding carboxylic acids is 1. The van der Waals surface area contributed by atoms with Crippen LogP contribution in [0.25, 0.3) is 0 Å². The van der Waals surface area contributed by atoms with Gasteiger partial charge in [-0.3, -0.25) is 4.79 Å². The Hall–Kier alpha value is -1.55. The second kappa shape index (κ2) is 9.39. The summed E-state index contributed by atoms with van der Waals surface area (Å²) in [6, 6.07) is 7.97.